The van der Waals surface area contributed by atoms with Crippen molar-refractivity contribution in [1.82, 2.24) is 14.9 Å². The summed E-state index contributed by atoms with van der Waals surface area (Å²) in [5.74, 6) is 6.25. The highest BCUT2D eigenvalue weighted by Gasteiger charge is 2.13. The SMILES string of the molecule is Cc1ccc(C(=O)CSc2nnc(N/N=C/c3ccc([N+](=O)[O-])cc3)n2N)cc1. The van der Waals surface area contributed by atoms with Gasteiger partial charge in [0.15, 0.2) is 5.78 Å². The Morgan fingerprint density at radius 3 is 2.59 bits per heavy atom. The average molecular weight is 411 g/mol. The van der Waals surface area contributed by atoms with E-state index in [1.807, 2.05) is 19.1 Å². The van der Waals surface area contributed by atoms with Gasteiger partial charge >= 0.3 is 0 Å². The summed E-state index contributed by atoms with van der Waals surface area (Å²) >= 11 is 1.17. The number of thioether (sulfide) groups is 1. The molecule has 0 aliphatic rings. The lowest BCUT2D eigenvalue weighted by molar-refractivity contribution is -0.384. The van der Waals surface area contributed by atoms with Crippen LogP contribution in [0.2, 0.25) is 0 Å². The van der Waals surface area contributed by atoms with Crippen molar-refractivity contribution >= 4 is 35.4 Å². The molecule has 0 radical (unpaired) electrons. The van der Waals surface area contributed by atoms with E-state index < -0.39 is 4.92 Å². The van der Waals surface area contributed by atoms with E-state index in [1.54, 1.807) is 24.3 Å². The van der Waals surface area contributed by atoms with Crippen LogP contribution in [-0.4, -0.2) is 37.5 Å². The fraction of sp³-hybridized carbons (Fsp3) is 0.111. The third kappa shape index (κ3) is 5.17. The minimum Gasteiger partial charge on any atom is -0.334 e. The van der Waals surface area contributed by atoms with Gasteiger partial charge in [-0.2, -0.15) is 5.10 Å². The lowest BCUT2D eigenvalue weighted by Gasteiger charge is -2.03. The van der Waals surface area contributed by atoms with Gasteiger partial charge in [-0.05, 0) is 24.6 Å². The predicted molar refractivity (Wildman–Crippen MR) is 111 cm³/mol. The Labute approximate surface area is 169 Å². The van der Waals surface area contributed by atoms with Crippen molar-refractivity contribution in [2.24, 2.45) is 5.10 Å². The minimum atomic E-state index is -0.473. The first-order chi connectivity index (χ1) is 13.9. The van der Waals surface area contributed by atoms with E-state index in [-0.39, 0.29) is 23.2 Å². The molecule has 0 amide bonds. The zero-order valence-electron chi connectivity index (χ0n) is 15.3. The first-order valence-electron chi connectivity index (χ1n) is 8.41. The molecule has 0 aliphatic carbocycles. The van der Waals surface area contributed by atoms with Crippen LogP contribution in [0.5, 0.6) is 0 Å². The summed E-state index contributed by atoms with van der Waals surface area (Å²) < 4.78 is 1.19. The maximum Gasteiger partial charge on any atom is 0.269 e. The zero-order valence-corrected chi connectivity index (χ0v) is 16.2. The van der Waals surface area contributed by atoms with E-state index in [0.717, 1.165) is 5.56 Å². The van der Waals surface area contributed by atoms with Crippen LogP contribution in [0.3, 0.4) is 0 Å². The van der Waals surface area contributed by atoms with E-state index in [4.69, 9.17) is 5.84 Å². The first kappa shape index (κ1) is 20.0. The smallest absolute Gasteiger partial charge is 0.269 e. The lowest BCUT2D eigenvalue weighted by atomic mass is 10.1. The molecule has 0 unspecified atom stereocenters. The number of rotatable bonds is 8. The van der Waals surface area contributed by atoms with Crippen molar-refractivity contribution in [3.8, 4) is 0 Å². The summed E-state index contributed by atoms with van der Waals surface area (Å²) in [5, 5.41) is 22.8. The van der Waals surface area contributed by atoms with Gasteiger partial charge in [0.25, 0.3) is 11.6 Å². The van der Waals surface area contributed by atoms with Gasteiger partial charge in [-0.1, -0.05) is 41.6 Å². The second kappa shape index (κ2) is 8.97. The zero-order chi connectivity index (χ0) is 20.8. The van der Waals surface area contributed by atoms with Crippen molar-refractivity contribution in [2.75, 3.05) is 17.0 Å². The number of anilines is 1. The number of carbonyl (C=O) groups excluding carboxylic acids is 1. The molecule has 29 heavy (non-hydrogen) atoms. The number of aromatic nitrogens is 3. The van der Waals surface area contributed by atoms with Gasteiger partial charge in [0.2, 0.25) is 5.16 Å². The molecule has 0 aliphatic heterocycles. The summed E-state index contributed by atoms with van der Waals surface area (Å²) in [6.07, 6.45) is 1.46. The second-order valence-electron chi connectivity index (χ2n) is 5.97. The summed E-state index contributed by atoms with van der Waals surface area (Å²) in [4.78, 5) is 22.4. The maximum absolute atomic E-state index is 12.2. The number of Topliss-reactive ketones (excluding diaryl/α,β-unsaturated/α-hetero) is 1. The van der Waals surface area contributed by atoms with Gasteiger partial charge in [0.05, 0.1) is 16.9 Å². The molecule has 1 aromatic heterocycles. The number of nitrogens with one attached hydrogen (secondary N) is 1. The number of hydrazone groups is 1. The molecule has 3 aromatic rings. The summed E-state index contributed by atoms with van der Waals surface area (Å²) in [5.41, 5.74) is 5.01. The normalized spacial score (nSPS) is 10.9. The molecule has 0 saturated heterocycles. The van der Waals surface area contributed by atoms with E-state index in [2.05, 4.69) is 20.7 Å². The highest BCUT2D eigenvalue weighted by Crippen LogP contribution is 2.18. The Kier molecular flexibility index (Phi) is 6.19. The van der Waals surface area contributed by atoms with E-state index in [1.165, 1.54) is 34.8 Å². The number of hydrogen-bond donors (Lipinski definition) is 2. The highest BCUT2D eigenvalue weighted by atomic mass is 32.2. The van der Waals surface area contributed by atoms with Crippen LogP contribution in [0, 0.1) is 17.0 Å². The van der Waals surface area contributed by atoms with Crippen LogP contribution in [0.1, 0.15) is 21.5 Å². The number of carbonyl (C=O) groups is 1. The third-order valence-corrected chi connectivity index (χ3v) is 4.80. The molecule has 3 rings (SSSR count). The number of non-ortho nitro benzene ring substituents is 1. The molecule has 2 aromatic carbocycles. The third-order valence-electron chi connectivity index (χ3n) is 3.85. The number of nitrogens with zero attached hydrogens (tertiary/aromatic N) is 5. The van der Waals surface area contributed by atoms with Crippen molar-refractivity contribution in [3.63, 3.8) is 0 Å². The average Bonchev–Trinajstić information content (AvgIpc) is 3.07. The Balaban J connectivity index is 1.56. The van der Waals surface area contributed by atoms with Crippen molar-refractivity contribution in [3.05, 3.63) is 75.3 Å². The summed E-state index contributed by atoms with van der Waals surface area (Å²) in [7, 11) is 0. The van der Waals surface area contributed by atoms with Gasteiger partial charge in [-0.3, -0.25) is 14.9 Å². The Bertz CT molecular complexity index is 1050. The number of nitro groups is 1. The standard InChI is InChI=1S/C18H17N7O3S/c1-12-2-6-14(7-3-12)16(26)11-29-18-23-22-17(24(18)19)21-20-10-13-4-8-15(9-5-13)25(27)28/h2-10H,11,19H2,1H3,(H,21,22)/b20-10+. The van der Waals surface area contributed by atoms with Gasteiger partial charge in [0.1, 0.15) is 0 Å². The van der Waals surface area contributed by atoms with Crippen LogP contribution in [0.4, 0.5) is 11.6 Å². The minimum absolute atomic E-state index is 0.00124. The molecular weight excluding hydrogens is 394 g/mol. The number of nitrogen functional groups attached to an aromatic ring is 1. The summed E-state index contributed by atoms with van der Waals surface area (Å²) in [6.45, 7) is 1.96. The number of nitrogens with two attached hydrogens (primary N) is 1. The Morgan fingerprint density at radius 1 is 1.24 bits per heavy atom. The Morgan fingerprint density at radius 2 is 1.93 bits per heavy atom. The fourth-order valence-electron chi connectivity index (χ4n) is 2.25. The second-order valence-corrected chi connectivity index (χ2v) is 6.92. The number of hydrogen-bond acceptors (Lipinski definition) is 9. The molecule has 0 fully saturated rings. The molecule has 1 heterocycles. The monoisotopic (exact) mass is 411 g/mol. The highest BCUT2D eigenvalue weighted by molar-refractivity contribution is 7.99. The van der Waals surface area contributed by atoms with Gasteiger partial charge in [0, 0.05) is 17.7 Å². The molecule has 11 heteroatoms. The van der Waals surface area contributed by atoms with Crippen LogP contribution in [0.15, 0.2) is 58.8 Å². The van der Waals surface area contributed by atoms with Crippen molar-refractivity contribution in [1.29, 1.82) is 0 Å². The van der Waals surface area contributed by atoms with Crippen LogP contribution < -0.4 is 11.3 Å². The molecule has 0 saturated carbocycles. The van der Waals surface area contributed by atoms with E-state index in [9.17, 15) is 14.9 Å². The molecule has 0 atom stereocenters. The predicted octanol–water partition coefficient (Wildman–Crippen LogP) is 2.63. The fourth-order valence-corrected chi connectivity index (χ4v) is 3.00. The van der Waals surface area contributed by atoms with Gasteiger partial charge in [-0.25, -0.2) is 10.1 Å². The summed E-state index contributed by atoms with van der Waals surface area (Å²) in [6, 6.07) is 13.2. The van der Waals surface area contributed by atoms with Crippen molar-refractivity contribution < 1.29 is 9.72 Å². The maximum atomic E-state index is 12.2. The molecule has 0 spiro atoms. The number of aryl methyl sites for hydroxylation is 1. The lowest BCUT2D eigenvalue weighted by Crippen LogP contribution is -2.14. The molecular formula is C18H17N7O3S. The quantitative estimate of drug-likeness (QED) is 0.144. The number of ketones is 1. The first-order valence-corrected chi connectivity index (χ1v) is 9.39. The number of benzene rings is 2. The van der Waals surface area contributed by atoms with Gasteiger partial charge in [-0.15, -0.1) is 10.2 Å². The molecule has 148 valence electrons. The Hall–Kier alpha value is -3.73. The van der Waals surface area contributed by atoms with Crippen LogP contribution in [-0.2, 0) is 0 Å². The topological polar surface area (TPSA) is 141 Å². The number of nitro benzene ring substituents is 1. The van der Waals surface area contributed by atoms with Gasteiger partial charge < -0.3 is 5.84 Å². The largest absolute Gasteiger partial charge is 0.334 e. The van der Waals surface area contributed by atoms with Crippen LogP contribution >= 0.6 is 11.8 Å². The molecule has 0 bridgehead atoms. The molecule has 3 N–H and O–H groups in total. The van der Waals surface area contributed by atoms with E-state index in [0.29, 0.717) is 16.3 Å². The van der Waals surface area contributed by atoms with Crippen molar-refractivity contribution in [2.45, 2.75) is 12.1 Å². The molecule has 10 nitrogen and oxygen atoms in total. The van der Waals surface area contributed by atoms with E-state index >= 15 is 0 Å². The van der Waals surface area contributed by atoms with Crippen LogP contribution in [0.25, 0.3) is 0 Å².